The highest BCUT2D eigenvalue weighted by Gasteiger charge is 2.00. The molecule has 4 heteroatoms. The summed E-state index contributed by atoms with van der Waals surface area (Å²) in [6, 6.07) is 0.666. The molecule has 0 spiro atoms. The van der Waals surface area contributed by atoms with Crippen molar-refractivity contribution >= 4 is 0 Å². The van der Waals surface area contributed by atoms with Crippen LogP contribution in [0.5, 0.6) is 0 Å². The summed E-state index contributed by atoms with van der Waals surface area (Å²) in [7, 11) is 0. The minimum absolute atomic E-state index is 0.666. The smallest absolute Gasteiger partial charge is 0.00387 e. The maximum absolute atomic E-state index is 3.61. The highest BCUT2D eigenvalue weighted by atomic mass is 14.9. The minimum Gasteiger partial charge on any atom is -0.317 e. The van der Waals surface area contributed by atoms with Crippen molar-refractivity contribution in [3.05, 3.63) is 0 Å². The summed E-state index contributed by atoms with van der Waals surface area (Å²) >= 11 is 0. The predicted molar refractivity (Wildman–Crippen MR) is 95.1 cm³/mol. The molecule has 0 fully saturated rings. The van der Waals surface area contributed by atoms with Gasteiger partial charge in [0.15, 0.2) is 0 Å². The van der Waals surface area contributed by atoms with Gasteiger partial charge in [-0.2, -0.15) is 0 Å². The molecule has 0 aromatic heterocycles. The van der Waals surface area contributed by atoms with E-state index in [2.05, 4.69) is 42.0 Å². The Morgan fingerprint density at radius 1 is 0.619 bits per heavy atom. The Kier molecular flexibility index (Phi) is 17.8. The van der Waals surface area contributed by atoms with Gasteiger partial charge in [0.2, 0.25) is 0 Å². The second-order valence-corrected chi connectivity index (χ2v) is 5.87. The van der Waals surface area contributed by atoms with Gasteiger partial charge >= 0.3 is 0 Å². The molecular weight excluding hydrogens is 260 g/mol. The van der Waals surface area contributed by atoms with Crippen molar-refractivity contribution in [2.24, 2.45) is 0 Å². The molecule has 4 nitrogen and oxygen atoms in total. The van der Waals surface area contributed by atoms with Crippen molar-refractivity contribution in [3.63, 3.8) is 0 Å². The van der Waals surface area contributed by atoms with Crippen LogP contribution >= 0.6 is 0 Å². The highest BCUT2D eigenvalue weighted by molar-refractivity contribution is 4.62. The van der Waals surface area contributed by atoms with Crippen LogP contribution in [0.2, 0.25) is 0 Å². The zero-order chi connectivity index (χ0) is 15.6. The molecule has 0 rings (SSSR count). The lowest BCUT2D eigenvalue weighted by atomic mass is 10.1. The number of rotatable bonds is 17. The molecule has 0 radical (unpaired) electrons. The Balaban J connectivity index is 3.09. The van der Waals surface area contributed by atoms with Crippen LogP contribution in [-0.4, -0.2) is 51.9 Å². The molecule has 0 aromatic rings. The third kappa shape index (κ3) is 17.8. The first-order valence-corrected chi connectivity index (χ1v) is 9.16. The number of hydrogen-bond acceptors (Lipinski definition) is 4. The Labute approximate surface area is 133 Å². The van der Waals surface area contributed by atoms with Crippen molar-refractivity contribution in [2.75, 3.05) is 45.8 Å². The summed E-state index contributed by atoms with van der Waals surface area (Å²) in [5.41, 5.74) is 0. The van der Waals surface area contributed by atoms with Crippen molar-refractivity contribution in [1.29, 1.82) is 0 Å². The Morgan fingerprint density at radius 3 is 1.86 bits per heavy atom. The number of unbranched alkanes of at least 4 members (excludes halogenated alkanes) is 2. The van der Waals surface area contributed by atoms with Gasteiger partial charge in [0.05, 0.1) is 0 Å². The molecule has 0 amide bonds. The van der Waals surface area contributed by atoms with Gasteiger partial charge in [-0.3, -0.25) is 0 Å². The fraction of sp³-hybridized carbons (Fsp3) is 1.00. The van der Waals surface area contributed by atoms with Crippen LogP contribution in [-0.2, 0) is 0 Å². The molecule has 0 aliphatic heterocycles. The van der Waals surface area contributed by atoms with Crippen LogP contribution < -0.4 is 21.3 Å². The lowest BCUT2D eigenvalue weighted by Gasteiger charge is -2.13. The molecule has 0 bridgehead atoms. The van der Waals surface area contributed by atoms with Gasteiger partial charge in [-0.1, -0.05) is 26.7 Å². The molecule has 0 aromatic carbocycles. The van der Waals surface area contributed by atoms with Gasteiger partial charge in [0.25, 0.3) is 0 Å². The molecule has 4 N–H and O–H groups in total. The maximum atomic E-state index is 3.61. The van der Waals surface area contributed by atoms with Crippen molar-refractivity contribution < 1.29 is 0 Å². The van der Waals surface area contributed by atoms with Crippen molar-refractivity contribution in [3.8, 4) is 0 Å². The summed E-state index contributed by atoms with van der Waals surface area (Å²) < 4.78 is 0. The topological polar surface area (TPSA) is 48.1 Å². The highest BCUT2D eigenvalue weighted by Crippen LogP contribution is 2.02. The zero-order valence-corrected chi connectivity index (χ0v) is 14.8. The van der Waals surface area contributed by atoms with Crippen LogP contribution in [0, 0.1) is 0 Å². The summed E-state index contributed by atoms with van der Waals surface area (Å²) in [4.78, 5) is 0. The van der Waals surface area contributed by atoms with E-state index in [9.17, 15) is 0 Å². The normalized spacial score (nSPS) is 12.7. The summed E-state index contributed by atoms with van der Waals surface area (Å²) in [6.07, 6.45) is 7.79. The van der Waals surface area contributed by atoms with E-state index in [0.717, 1.165) is 39.3 Å². The SMILES string of the molecule is CCNCCCNCCCCCC(C)NCCCNCC. The first kappa shape index (κ1) is 20.8. The standard InChI is InChI=1S/C17H40N4/c1-4-18-13-9-15-20-12-8-6-7-11-17(3)21-16-10-14-19-5-2/h17-21H,4-16H2,1-3H3. The Morgan fingerprint density at radius 2 is 1.19 bits per heavy atom. The molecule has 21 heavy (non-hydrogen) atoms. The molecule has 0 saturated carbocycles. The van der Waals surface area contributed by atoms with Crippen LogP contribution in [0.3, 0.4) is 0 Å². The van der Waals surface area contributed by atoms with Crippen molar-refractivity contribution in [1.82, 2.24) is 21.3 Å². The minimum atomic E-state index is 0.666. The number of nitrogens with one attached hydrogen (secondary N) is 4. The largest absolute Gasteiger partial charge is 0.317 e. The monoisotopic (exact) mass is 300 g/mol. The average Bonchev–Trinajstić information content (AvgIpc) is 2.49. The zero-order valence-electron chi connectivity index (χ0n) is 14.8. The second kappa shape index (κ2) is 17.9. The maximum Gasteiger partial charge on any atom is 0.00387 e. The molecule has 0 saturated heterocycles. The van der Waals surface area contributed by atoms with E-state index in [1.54, 1.807) is 0 Å². The van der Waals surface area contributed by atoms with E-state index in [-0.39, 0.29) is 0 Å². The second-order valence-electron chi connectivity index (χ2n) is 5.87. The summed E-state index contributed by atoms with van der Waals surface area (Å²) in [5.74, 6) is 0. The van der Waals surface area contributed by atoms with Gasteiger partial charge < -0.3 is 21.3 Å². The number of hydrogen-bond donors (Lipinski definition) is 4. The first-order valence-electron chi connectivity index (χ1n) is 9.16. The summed E-state index contributed by atoms with van der Waals surface area (Å²) in [5, 5.41) is 13.8. The molecule has 0 heterocycles. The van der Waals surface area contributed by atoms with E-state index < -0.39 is 0 Å². The third-order valence-electron chi connectivity index (χ3n) is 3.72. The molecule has 0 aliphatic rings. The Hall–Kier alpha value is -0.160. The van der Waals surface area contributed by atoms with Gasteiger partial charge in [0, 0.05) is 6.04 Å². The molecule has 0 aliphatic carbocycles. The quantitative estimate of drug-likeness (QED) is 0.311. The van der Waals surface area contributed by atoms with Crippen LogP contribution in [0.1, 0.15) is 59.3 Å². The van der Waals surface area contributed by atoms with E-state index >= 15 is 0 Å². The van der Waals surface area contributed by atoms with E-state index in [1.165, 1.54) is 45.1 Å². The first-order chi connectivity index (χ1) is 10.3. The lowest BCUT2D eigenvalue weighted by Crippen LogP contribution is -2.29. The fourth-order valence-corrected chi connectivity index (χ4v) is 2.36. The van der Waals surface area contributed by atoms with E-state index in [0.29, 0.717) is 6.04 Å². The average molecular weight is 301 g/mol. The lowest BCUT2D eigenvalue weighted by molar-refractivity contribution is 0.471. The van der Waals surface area contributed by atoms with Gasteiger partial charge in [-0.25, -0.2) is 0 Å². The van der Waals surface area contributed by atoms with Crippen LogP contribution in [0.25, 0.3) is 0 Å². The summed E-state index contributed by atoms with van der Waals surface area (Å²) in [6.45, 7) is 14.5. The van der Waals surface area contributed by atoms with Crippen molar-refractivity contribution in [2.45, 2.75) is 65.3 Å². The van der Waals surface area contributed by atoms with Gasteiger partial charge in [-0.05, 0) is 78.4 Å². The molecule has 1 atom stereocenters. The molecule has 128 valence electrons. The van der Waals surface area contributed by atoms with Gasteiger partial charge in [-0.15, -0.1) is 0 Å². The van der Waals surface area contributed by atoms with Gasteiger partial charge in [0.1, 0.15) is 0 Å². The predicted octanol–water partition coefficient (Wildman–Crippen LogP) is 2.11. The van der Waals surface area contributed by atoms with Crippen LogP contribution in [0.4, 0.5) is 0 Å². The molecular formula is C17H40N4. The van der Waals surface area contributed by atoms with E-state index in [4.69, 9.17) is 0 Å². The third-order valence-corrected chi connectivity index (χ3v) is 3.72. The fourth-order valence-electron chi connectivity index (χ4n) is 2.36. The van der Waals surface area contributed by atoms with Crippen LogP contribution in [0.15, 0.2) is 0 Å². The molecule has 1 unspecified atom stereocenters. The Bertz CT molecular complexity index is 188. The van der Waals surface area contributed by atoms with E-state index in [1.807, 2.05) is 0 Å².